The molecule has 0 radical (unpaired) electrons. The Balaban J connectivity index is 1.70. The Kier molecular flexibility index (Phi) is 6.34. The fourth-order valence-corrected chi connectivity index (χ4v) is 3.67. The van der Waals surface area contributed by atoms with E-state index in [9.17, 15) is 14.0 Å². The number of aryl methyl sites for hydroxylation is 1. The second kappa shape index (κ2) is 8.73. The molecule has 0 aliphatic heterocycles. The Morgan fingerprint density at radius 1 is 1.25 bits per heavy atom. The number of hydrogen-bond donors (Lipinski definition) is 1. The smallest absolute Gasteiger partial charge is 0.344 e. The number of ether oxygens (including phenoxy) is 1. The maximum absolute atomic E-state index is 13.1. The van der Waals surface area contributed by atoms with E-state index in [-0.39, 0.29) is 28.5 Å². The minimum absolute atomic E-state index is 0.0500. The van der Waals surface area contributed by atoms with Gasteiger partial charge in [0.05, 0.1) is 11.4 Å². The van der Waals surface area contributed by atoms with Crippen LogP contribution in [0.2, 0.25) is 5.15 Å². The first kappa shape index (κ1) is 20.3. The monoisotopic (exact) mass is 407 g/mol. The van der Waals surface area contributed by atoms with Crippen molar-refractivity contribution < 1.29 is 18.7 Å². The predicted molar refractivity (Wildman–Crippen MR) is 103 cm³/mol. The zero-order valence-electron chi connectivity index (χ0n) is 15.9. The first-order valence-electron chi connectivity index (χ1n) is 9.39. The number of carbonyl (C=O) groups is 2. The second-order valence-corrected chi connectivity index (χ2v) is 7.39. The SMILES string of the molecule is Cc1nn(-c2ccc(F)cc2)c(Cl)c1C(=O)OC(C)C(=O)NC1CCCCC1. The van der Waals surface area contributed by atoms with Crippen LogP contribution in [0.15, 0.2) is 24.3 Å². The van der Waals surface area contributed by atoms with Crippen LogP contribution in [0.4, 0.5) is 4.39 Å². The van der Waals surface area contributed by atoms with Crippen LogP contribution in [-0.2, 0) is 9.53 Å². The van der Waals surface area contributed by atoms with Crippen molar-refractivity contribution in [2.75, 3.05) is 0 Å². The molecule has 3 rings (SSSR count). The highest BCUT2D eigenvalue weighted by Crippen LogP contribution is 2.25. The number of amides is 1. The molecular weight excluding hydrogens is 385 g/mol. The minimum Gasteiger partial charge on any atom is -0.449 e. The van der Waals surface area contributed by atoms with Gasteiger partial charge >= 0.3 is 5.97 Å². The van der Waals surface area contributed by atoms with Crippen LogP contribution in [0.3, 0.4) is 0 Å². The molecule has 8 heteroatoms. The van der Waals surface area contributed by atoms with Gasteiger partial charge in [0.25, 0.3) is 5.91 Å². The molecule has 1 N–H and O–H groups in total. The highest BCUT2D eigenvalue weighted by atomic mass is 35.5. The van der Waals surface area contributed by atoms with Crippen LogP contribution >= 0.6 is 11.6 Å². The van der Waals surface area contributed by atoms with Gasteiger partial charge in [0.15, 0.2) is 6.10 Å². The zero-order valence-corrected chi connectivity index (χ0v) is 16.6. The van der Waals surface area contributed by atoms with E-state index >= 15 is 0 Å². The van der Waals surface area contributed by atoms with E-state index in [4.69, 9.17) is 16.3 Å². The standard InChI is InChI=1S/C20H23ClFN3O3/c1-12-17(18(21)25(24-12)16-10-8-14(22)9-11-16)20(27)28-13(2)19(26)23-15-6-4-3-5-7-15/h8-11,13,15H,3-7H2,1-2H3,(H,23,26). The topological polar surface area (TPSA) is 73.2 Å². The summed E-state index contributed by atoms with van der Waals surface area (Å²) in [6.45, 7) is 3.15. The molecule has 0 spiro atoms. The molecule has 28 heavy (non-hydrogen) atoms. The van der Waals surface area contributed by atoms with Crippen molar-refractivity contribution in [3.63, 3.8) is 0 Å². The fraction of sp³-hybridized carbons (Fsp3) is 0.450. The van der Waals surface area contributed by atoms with Gasteiger partial charge in [-0.2, -0.15) is 5.10 Å². The number of nitrogens with zero attached hydrogens (tertiary/aromatic N) is 2. The molecular formula is C20H23ClFN3O3. The molecule has 6 nitrogen and oxygen atoms in total. The quantitative estimate of drug-likeness (QED) is 0.761. The van der Waals surface area contributed by atoms with Crippen LogP contribution < -0.4 is 5.32 Å². The van der Waals surface area contributed by atoms with E-state index in [1.807, 2.05) is 0 Å². The third kappa shape index (κ3) is 4.52. The van der Waals surface area contributed by atoms with Gasteiger partial charge in [-0.1, -0.05) is 30.9 Å². The number of esters is 1. The molecule has 1 atom stereocenters. The molecule has 150 valence electrons. The van der Waals surface area contributed by atoms with Crippen molar-refractivity contribution in [1.29, 1.82) is 0 Å². The molecule has 0 bridgehead atoms. The molecule has 0 saturated heterocycles. The lowest BCUT2D eigenvalue weighted by atomic mass is 9.95. The van der Waals surface area contributed by atoms with Crippen LogP contribution in [0.5, 0.6) is 0 Å². The van der Waals surface area contributed by atoms with E-state index < -0.39 is 12.1 Å². The summed E-state index contributed by atoms with van der Waals surface area (Å²) in [5, 5.41) is 7.22. The Labute approximate surface area is 168 Å². The molecule has 1 aromatic heterocycles. The number of benzene rings is 1. The number of halogens is 2. The third-order valence-corrected chi connectivity index (χ3v) is 5.23. The van der Waals surface area contributed by atoms with Gasteiger partial charge in [-0.05, 0) is 51.0 Å². The summed E-state index contributed by atoms with van der Waals surface area (Å²) < 4.78 is 19.8. The number of aromatic nitrogens is 2. The maximum Gasteiger partial charge on any atom is 0.344 e. The number of carbonyl (C=O) groups excluding carboxylic acids is 2. The zero-order chi connectivity index (χ0) is 20.3. The van der Waals surface area contributed by atoms with Gasteiger partial charge in [0.2, 0.25) is 0 Å². The molecule has 1 aliphatic carbocycles. The lowest BCUT2D eigenvalue weighted by Crippen LogP contribution is -2.42. The van der Waals surface area contributed by atoms with Crippen LogP contribution in [0, 0.1) is 12.7 Å². The number of hydrogen-bond acceptors (Lipinski definition) is 4. The molecule has 2 aromatic rings. The van der Waals surface area contributed by atoms with Gasteiger partial charge < -0.3 is 10.1 Å². The van der Waals surface area contributed by atoms with Crippen LogP contribution in [0.1, 0.15) is 55.1 Å². The maximum atomic E-state index is 13.1. The first-order chi connectivity index (χ1) is 13.4. The number of nitrogens with one attached hydrogen (secondary N) is 1. The van der Waals surface area contributed by atoms with E-state index in [2.05, 4.69) is 10.4 Å². The average Bonchev–Trinajstić information content (AvgIpc) is 2.97. The minimum atomic E-state index is -0.945. The summed E-state index contributed by atoms with van der Waals surface area (Å²) in [6, 6.07) is 5.69. The van der Waals surface area contributed by atoms with Gasteiger partial charge in [-0.15, -0.1) is 0 Å². The van der Waals surface area contributed by atoms with Crippen molar-refractivity contribution in [3.8, 4) is 5.69 Å². The highest BCUT2D eigenvalue weighted by Gasteiger charge is 2.27. The van der Waals surface area contributed by atoms with Gasteiger partial charge in [-0.3, -0.25) is 4.79 Å². The van der Waals surface area contributed by atoms with Crippen molar-refractivity contribution in [2.24, 2.45) is 0 Å². The second-order valence-electron chi connectivity index (χ2n) is 7.03. The summed E-state index contributed by atoms with van der Waals surface area (Å²) in [5.41, 5.74) is 0.958. The van der Waals surface area contributed by atoms with E-state index in [1.54, 1.807) is 6.92 Å². The Hall–Kier alpha value is -2.41. The molecule has 1 saturated carbocycles. The van der Waals surface area contributed by atoms with Crippen molar-refractivity contribution in [1.82, 2.24) is 15.1 Å². The predicted octanol–water partition coefficient (Wildman–Crippen LogP) is 3.97. The van der Waals surface area contributed by atoms with Gasteiger partial charge in [0.1, 0.15) is 16.5 Å². The first-order valence-corrected chi connectivity index (χ1v) is 9.77. The Morgan fingerprint density at radius 2 is 1.89 bits per heavy atom. The molecule has 1 amide bonds. The summed E-state index contributed by atoms with van der Waals surface area (Å²) in [6.07, 6.45) is 4.32. The molecule has 1 aliphatic rings. The molecule has 1 unspecified atom stereocenters. The molecule has 1 aromatic carbocycles. The van der Waals surface area contributed by atoms with Crippen molar-refractivity contribution in [2.45, 2.75) is 58.1 Å². The highest BCUT2D eigenvalue weighted by molar-refractivity contribution is 6.33. The van der Waals surface area contributed by atoms with E-state index in [0.717, 1.165) is 25.7 Å². The Bertz CT molecular complexity index is 860. The van der Waals surface area contributed by atoms with Gasteiger partial charge in [-0.25, -0.2) is 13.9 Å². The lowest BCUT2D eigenvalue weighted by molar-refractivity contribution is -0.130. The summed E-state index contributed by atoms with van der Waals surface area (Å²) in [5.74, 6) is -1.43. The third-order valence-electron chi connectivity index (χ3n) is 4.88. The van der Waals surface area contributed by atoms with Crippen molar-refractivity contribution in [3.05, 3.63) is 46.5 Å². The van der Waals surface area contributed by atoms with Gasteiger partial charge in [0, 0.05) is 6.04 Å². The van der Waals surface area contributed by atoms with E-state index in [0.29, 0.717) is 11.4 Å². The number of rotatable bonds is 5. The van der Waals surface area contributed by atoms with Crippen molar-refractivity contribution >= 4 is 23.5 Å². The fourth-order valence-electron chi connectivity index (χ4n) is 3.32. The lowest BCUT2D eigenvalue weighted by Gasteiger charge is -2.24. The average molecular weight is 408 g/mol. The summed E-state index contributed by atoms with van der Waals surface area (Å²) >= 11 is 6.32. The summed E-state index contributed by atoms with van der Waals surface area (Å²) in [4.78, 5) is 24.9. The van der Waals surface area contributed by atoms with Crippen LogP contribution in [0.25, 0.3) is 5.69 Å². The van der Waals surface area contributed by atoms with Crippen LogP contribution in [-0.4, -0.2) is 33.8 Å². The summed E-state index contributed by atoms with van der Waals surface area (Å²) in [7, 11) is 0. The largest absolute Gasteiger partial charge is 0.449 e. The molecule has 1 heterocycles. The normalized spacial score (nSPS) is 15.9. The van der Waals surface area contributed by atoms with E-state index in [1.165, 1.54) is 42.3 Å². The Morgan fingerprint density at radius 3 is 2.54 bits per heavy atom. The molecule has 1 fully saturated rings.